The van der Waals surface area contributed by atoms with Crippen molar-refractivity contribution in [3.8, 4) is 0 Å². The molecule has 0 saturated heterocycles. The van der Waals surface area contributed by atoms with Crippen LogP contribution in [0.25, 0.3) is 0 Å². The predicted octanol–water partition coefficient (Wildman–Crippen LogP) is 5.05. The number of aryl methyl sites for hydroxylation is 1. The van der Waals surface area contributed by atoms with Crippen molar-refractivity contribution in [1.29, 1.82) is 0 Å². The Kier molecular flexibility index (Phi) is 5.22. The highest BCUT2D eigenvalue weighted by Crippen LogP contribution is 2.30. The molecule has 0 amide bonds. The van der Waals surface area contributed by atoms with Gasteiger partial charge >= 0.3 is 0 Å². The van der Waals surface area contributed by atoms with Crippen molar-refractivity contribution < 1.29 is 0 Å². The number of hydrogen-bond donors (Lipinski definition) is 1. The molecule has 0 aliphatic carbocycles. The minimum Gasteiger partial charge on any atom is -0.306 e. The lowest BCUT2D eigenvalue weighted by Crippen LogP contribution is -2.24. The first-order valence-corrected chi connectivity index (χ1v) is 7.56. The Morgan fingerprint density at radius 2 is 1.70 bits per heavy atom. The number of nitrogens with one attached hydrogen (secondary N) is 1. The van der Waals surface area contributed by atoms with Crippen LogP contribution < -0.4 is 5.32 Å². The number of rotatable bonds is 5. The quantitative estimate of drug-likeness (QED) is 0.812. The van der Waals surface area contributed by atoms with E-state index in [9.17, 15) is 0 Å². The second-order valence-corrected chi connectivity index (χ2v) is 5.60. The molecule has 0 radical (unpaired) electrons. The van der Waals surface area contributed by atoms with E-state index in [1.54, 1.807) is 0 Å². The zero-order chi connectivity index (χ0) is 14.5. The second-order valence-electron chi connectivity index (χ2n) is 5.20. The van der Waals surface area contributed by atoms with Crippen LogP contribution in [0.3, 0.4) is 0 Å². The Morgan fingerprint density at radius 1 is 1.00 bits per heavy atom. The van der Waals surface area contributed by atoms with Gasteiger partial charge in [0.05, 0.1) is 6.04 Å². The van der Waals surface area contributed by atoms with Gasteiger partial charge in [-0.1, -0.05) is 54.9 Å². The van der Waals surface area contributed by atoms with Crippen molar-refractivity contribution in [3.05, 3.63) is 69.7 Å². The first-order valence-electron chi connectivity index (χ1n) is 7.19. The van der Waals surface area contributed by atoms with Gasteiger partial charge < -0.3 is 5.32 Å². The van der Waals surface area contributed by atoms with Crippen molar-refractivity contribution in [2.24, 2.45) is 0 Å². The van der Waals surface area contributed by atoms with Gasteiger partial charge in [-0.15, -0.1) is 0 Å². The molecule has 0 aromatic heterocycles. The van der Waals surface area contributed by atoms with Crippen LogP contribution in [0, 0.1) is 13.8 Å². The first-order chi connectivity index (χ1) is 9.65. The first kappa shape index (κ1) is 15.1. The fourth-order valence-electron chi connectivity index (χ4n) is 2.47. The van der Waals surface area contributed by atoms with Gasteiger partial charge in [-0.3, -0.25) is 0 Å². The van der Waals surface area contributed by atoms with Crippen molar-refractivity contribution in [2.75, 3.05) is 6.54 Å². The molecule has 0 aliphatic heterocycles. The molecule has 2 rings (SSSR count). The highest BCUT2D eigenvalue weighted by atomic mass is 35.5. The number of benzene rings is 2. The SMILES string of the molecule is CCCNC(c1ccccc1Cl)c1cccc(C)c1C. The van der Waals surface area contributed by atoms with Crippen LogP contribution in [0.4, 0.5) is 0 Å². The third kappa shape index (κ3) is 3.23. The van der Waals surface area contributed by atoms with Gasteiger partial charge in [0.2, 0.25) is 0 Å². The molecule has 106 valence electrons. The molecule has 2 aromatic rings. The van der Waals surface area contributed by atoms with E-state index in [1.165, 1.54) is 16.7 Å². The highest BCUT2D eigenvalue weighted by molar-refractivity contribution is 6.31. The average Bonchev–Trinajstić information content (AvgIpc) is 2.45. The van der Waals surface area contributed by atoms with E-state index in [0.29, 0.717) is 0 Å². The summed E-state index contributed by atoms with van der Waals surface area (Å²) < 4.78 is 0. The van der Waals surface area contributed by atoms with Crippen LogP contribution in [0.1, 0.15) is 41.6 Å². The maximum absolute atomic E-state index is 6.40. The zero-order valence-electron chi connectivity index (χ0n) is 12.4. The van der Waals surface area contributed by atoms with Crippen molar-refractivity contribution in [1.82, 2.24) is 5.32 Å². The Labute approximate surface area is 127 Å². The standard InChI is InChI=1S/C18H22ClN/c1-4-12-20-18(16-9-5-6-11-17(16)19)15-10-7-8-13(2)14(15)3/h5-11,18,20H,4,12H2,1-3H3. The minimum atomic E-state index is 0.156. The molecule has 1 unspecified atom stereocenters. The fraction of sp³-hybridized carbons (Fsp3) is 0.333. The van der Waals surface area contributed by atoms with Crippen LogP contribution in [-0.2, 0) is 0 Å². The van der Waals surface area contributed by atoms with Gasteiger partial charge in [0.15, 0.2) is 0 Å². The van der Waals surface area contributed by atoms with Crippen molar-refractivity contribution >= 4 is 11.6 Å². The summed E-state index contributed by atoms with van der Waals surface area (Å²) in [5.74, 6) is 0. The van der Waals surface area contributed by atoms with Crippen molar-refractivity contribution in [3.63, 3.8) is 0 Å². The van der Waals surface area contributed by atoms with E-state index in [4.69, 9.17) is 11.6 Å². The van der Waals surface area contributed by atoms with Crippen LogP contribution in [0.2, 0.25) is 5.02 Å². The summed E-state index contributed by atoms with van der Waals surface area (Å²) in [6.45, 7) is 7.49. The highest BCUT2D eigenvalue weighted by Gasteiger charge is 2.18. The summed E-state index contributed by atoms with van der Waals surface area (Å²) in [6, 6.07) is 14.7. The Hall–Kier alpha value is -1.31. The van der Waals surface area contributed by atoms with Crippen LogP contribution in [-0.4, -0.2) is 6.54 Å². The largest absolute Gasteiger partial charge is 0.306 e. The lowest BCUT2D eigenvalue weighted by Gasteiger charge is -2.23. The van der Waals surface area contributed by atoms with E-state index in [0.717, 1.165) is 23.6 Å². The van der Waals surface area contributed by atoms with Gasteiger partial charge in [-0.2, -0.15) is 0 Å². The number of hydrogen-bond acceptors (Lipinski definition) is 1. The molecule has 0 saturated carbocycles. The molecule has 1 N–H and O–H groups in total. The molecule has 1 nitrogen and oxygen atoms in total. The number of halogens is 1. The molecule has 0 spiro atoms. The third-order valence-electron chi connectivity index (χ3n) is 3.77. The van der Waals surface area contributed by atoms with E-state index < -0.39 is 0 Å². The topological polar surface area (TPSA) is 12.0 Å². The molecular formula is C18H22ClN. The van der Waals surface area contributed by atoms with Gasteiger partial charge in [0.25, 0.3) is 0 Å². The van der Waals surface area contributed by atoms with Crippen LogP contribution in [0.15, 0.2) is 42.5 Å². The maximum Gasteiger partial charge on any atom is 0.0594 e. The van der Waals surface area contributed by atoms with E-state index in [1.807, 2.05) is 18.2 Å². The van der Waals surface area contributed by atoms with E-state index >= 15 is 0 Å². The van der Waals surface area contributed by atoms with Gasteiger partial charge in [-0.05, 0) is 55.1 Å². The fourth-order valence-corrected chi connectivity index (χ4v) is 2.72. The Bertz CT molecular complexity index is 577. The van der Waals surface area contributed by atoms with Crippen LogP contribution in [0.5, 0.6) is 0 Å². The molecule has 2 heteroatoms. The molecule has 0 bridgehead atoms. The maximum atomic E-state index is 6.40. The van der Waals surface area contributed by atoms with Crippen LogP contribution >= 0.6 is 11.6 Å². The van der Waals surface area contributed by atoms with E-state index in [-0.39, 0.29) is 6.04 Å². The minimum absolute atomic E-state index is 0.156. The van der Waals surface area contributed by atoms with Gasteiger partial charge in [-0.25, -0.2) is 0 Å². The Morgan fingerprint density at radius 3 is 2.40 bits per heavy atom. The zero-order valence-corrected chi connectivity index (χ0v) is 13.2. The Balaban J connectivity index is 2.47. The third-order valence-corrected chi connectivity index (χ3v) is 4.12. The van der Waals surface area contributed by atoms with Crippen molar-refractivity contribution in [2.45, 2.75) is 33.2 Å². The second kappa shape index (κ2) is 6.92. The summed E-state index contributed by atoms with van der Waals surface area (Å²) in [5.41, 5.74) is 5.11. The smallest absolute Gasteiger partial charge is 0.0594 e. The monoisotopic (exact) mass is 287 g/mol. The lowest BCUT2D eigenvalue weighted by atomic mass is 9.92. The molecule has 20 heavy (non-hydrogen) atoms. The molecule has 0 aliphatic rings. The van der Waals surface area contributed by atoms with E-state index in [2.05, 4.69) is 50.4 Å². The summed E-state index contributed by atoms with van der Waals surface area (Å²) in [6.07, 6.45) is 1.10. The molecule has 1 atom stereocenters. The molecule has 0 fully saturated rings. The summed E-state index contributed by atoms with van der Waals surface area (Å²) in [7, 11) is 0. The van der Waals surface area contributed by atoms with Gasteiger partial charge in [0.1, 0.15) is 0 Å². The average molecular weight is 288 g/mol. The molecular weight excluding hydrogens is 266 g/mol. The predicted molar refractivity (Wildman–Crippen MR) is 87.5 cm³/mol. The summed E-state index contributed by atoms with van der Waals surface area (Å²) >= 11 is 6.40. The van der Waals surface area contributed by atoms with Gasteiger partial charge in [0, 0.05) is 5.02 Å². The lowest BCUT2D eigenvalue weighted by molar-refractivity contribution is 0.596. The molecule has 0 heterocycles. The normalized spacial score (nSPS) is 12.4. The summed E-state index contributed by atoms with van der Waals surface area (Å²) in [5, 5.41) is 4.45. The summed E-state index contributed by atoms with van der Waals surface area (Å²) in [4.78, 5) is 0. The molecule has 2 aromatic carbocycles.